The summed E-state index contributed by atoms with van der Waals surface area (Å²) >= 11 is 12.2. The fraction of sp³-hybridized carbons (Fsp3) is 0.286. The lowest BCUT2D eigenvalue weighted by Crippen LogP contribution is -2.29. The third-order valence-corrected chi connectivity index (χ3v) is 5.10. The number of aliphatic hydroxyl groups is 1. The number of rotatable bonds is 5. The first-order valence-electron chi connectivity index (χ1n) is 9.45. The summed E-state index contributed by atoms with van der Waals surface area (Å²) in [7, 11) is 0. The summed E-state index contributed by atoms with van der Waals surface area (Å²) in [6.07, 6.45) is 5.35. The molecule has 150 valence electrons. The number of hydrogen-bond donors (Lipinski definition) is 1. The molecule has 3 heterocycles. The lowest BCUT2D eigenvalue weighted by atomic mass is 10.1. The molecule has 0 spiro atoms. The highest BCUT2D eigenvalue weighted by atomic mass is 35.5. The van der Waals surface area contributed by atoms with Gasteiger partial charge < -0.3 is 14.7 Å². The number of anilines is 1. The standard InChI is InChI=1S/C21H20Cl2N4O2/c22-15-8-14(9-16(23)10-15)21-25-17(13-28)11-20(26-21)29-18-4-5-19(24-12-18)27-6-2-1-3-7-27/h4-5,8-12,28H,1-3,6-7,13H2. The van der Waals surface area contributed by atoms with Gasteiger partial charge in [0.05, 0.1) is 18.5 Å². The third kappa shape index (κ3) is 4.96. The quantitative estimate of drug-likeness (QED) is 0.605. The van der Waals surface area contributed by atoms with Crippen molar-refractivity contribution in [1.82, 2.24) is 15.0 Å². The van der Waals surface area contributed by atoms with E-state index < -0.39 is 0 Å². The van der Waals surface area contributed by atoms with Gasteiger partial charge in [0.15, 0.2) is 5.82 Å². The van der Waals surface area contributed by atoms with E-state index in [0.29, 0.717) is 38.8 Å². The average molecular weight is 431 g/mol. The van der Waals surface area contributed by atoms with Gasteiger partial charge in [-0.2, -0.15) is 4.98 Å². The number of aliphatic hydroxyl groups excluding tert-OH is 1. The molecule has 0 saturated carbocycles. The maximum Gasteiger partial charge on any atom is 0.223 e. The van der Waals surface area contributed by atoms with E-state index in [-0.39, 0.29) is 6.61 Å². The first-order chi connectivity index (χ1) is 14.1. The molecule has 1 N–H and O–H groups in total. The minimum atomic E-state index is -0.244. The van der Waals surface area contributed by atoms with E-state index in [1.807, 2.05) is 12.1 Å². The molecule has 4 rings (SSSR count). The number of hydrogen-bond acceptors (Lipinski definition) is 6. The Bertz CT molecular complexity index is 972. The van der Waals surface area contributed by atoms with Crippen molar-refractivity contribution in [2.24, 2.45) is 0 Å². The number of aromatic nitrogens is 3. The molecule has 2 aromatic heterocycles. The van der Waals surface area contributed by atoms with E-state index in [1.165, 1.54) is 19.3 Å². The molecule has 0 aliphatic carbocycles. The first-order valence-corrected chi connectivity index (χ1v) is 10.2. The van der Waals surface area contributed by atoms with Crippen LogP contribution in [0.2, 0.25) is 10.0 Å². The monoisotopic (exact) mass is 430 g/mol. The smallest absolute Gasteiger partial charge is 0.223 e. The predicted octanol–water partition coefficient (Wildman–Crippen LogP) is 5.12. The summed E-state index contributed by atoms with van der Waals surface area (Å²) in [6.45, 7) is 1.82. The van der Waals surface area contributed by atoms with Crippen LogP contribution in [0.3, 0.4) is 0 Å². The normalized spacial score (nSPS) is 14.1. The second kappa shape index (κ2) is 8.95. The molecule has 3 aromatic rings. The average Bonchev–Trinajstić information content (AvgIpc) is 2.74. The van der Waals surface area contributed by atoms with Crippen LogP contribution in [-0.2, 0) is 6.61 Å². The number of piperidine rings is 1. The Hall–Kier alpha value is -2.41. The van der Waals surface area contributed by atoms with Crippen molar-refractivity contribution in [1.29, 1.82) is 0 Å². The Balaban J connectivity index is 1.58. The van der Waals surface area contributed by atoms with Crippen molar-refractivity contribution < 1.29 is 9.84 Å². The lowest BCUT2D eigenvalue weighted by Gasteiger charge is -2.27. The van der Waals surface area contributed by atoms with Gasteiger partial charge in [-0.1, -0.05) is 23.2 Å². The van der Waals surface area contributed by atoms with Gasteiger partial charge in [-0.3, -0.25) is 0 Å². The highest BCUT2D eigenvalue weighted by Gasteiger charge is 2.13. The number of benzene rings is 1. The Morgan fingerprint density at radius 2 is 1.72 bits per heavy atom. The van der Waals surface area contributed by atoms with E-state index >= 15 is 0 Å². The largest absolute Gasteiger partial charge is 0.437 e. The summed E-state index contributed by atoms with van der Waals surface area (Å²) in [4.78, 5) is 15.6. The van der Waals surface area contributed by atoms with Crippen LogP contribution in [0.15, 0.2) is 42.6 Å². The molecule has 29 heavy (non-hydrogen) atoms. The number of halogens is 2. The minimum absolute atomic E-state index is 0.244. The Labute approximate surface area is 179 Å². The fourth-order valence-electron chi connectivity index (χ4n) is 3.28. The van der Waals surface area contributed by atoms with Gasteiger partial charge in [-0.25, -0.2) is 9.97 Å². The van der Waals surface area contributed by atoms with Crippen molar-refractivity contribution in [2.75, 3.05) is 18.0 Å². The molecule has 1 fully saturated rings. The Kier molecular flexibility index (Phi) is 6.13. The van der Waals surface area contributed by atoms with Gasteiger partial charge in [0.2, 0.25) is 5.88 Å². The van der Waals surface area contributed by atoms with E-state index in [0.717, 1.165) is 18.9 Å². The van der Waals surface area contributed by atoms with Crippen molar-refractivity contribution in [3.63, 3.8) is 0 Å². The van der Waals surface area contributed by atoms with Gasteiger partial charge in [0.25, 0.3) is 0 Å². The molecular formula is C21H20Cl2N4O2. The maximum absolute atomic E-state index is 9.57. The Morgan fingerprint density at radius 3 is 2.38 bits per heavy atom. The number of nitrogens with zero attached hydrogens (tertiary/aromatic N) is 4. The molecule has 1 aliphatic heterocycles. The summed E-state index contributed by atoms with van der Waals surface area (Å²) < 4.78 is 5.88. The second-order valence-corrected chi connectivity index (χ2v) is 7.71. The minimum Gasteiger partial charge on any atom is -0.437 e. The van der Waals surface area contributed by atoms with E-state index in [1.54, 1.807) is 30.5 Å². The van der Waals surface area contributed by atoms with Crippen molar-refractivity contribution in [3.05, 3.63) is 58.3 Å². The van der Waals surface area contributed by atoms with Crippen LogP contribution in [0, 0.1) is 0 Å². The molecule has 1 aliphatic rings. The van der Waals surface area contributed by atoms with Crippen molar-refractivity contribution in [3.8, 4) is 23.0 Å². The molecule has 1 aromatic carbocycles. The van der Waals surface area contributed by atoms with E-state index in [4.69, 9.17) is 27.9 Å². The number of pyridine rings is 1. The van der Waals surface area contributed by atoms with Crippen LogP contribution in [0.4, 0.5) is 5.82 Å². The molecule has 6 nitrogen and oxygen atoms in total. The summed E-state index contributed by atoms with van der Waals surface area (Å²) in [5.41, 5.74) is 1.07. The van der Waals surface area contributed by atoms with Crippen LogP contribution < -0.4 is 9.64 Å². The highest BCUT2D eigenvalue weighted by molar-refractivity contribution is 6.35. The number of ether oxygens (including phenoxy) is 1. The third-order valence-electron chi connectivity index (χ3n) is 4.66. The van der Waals surface area contributed by atoms with Crippen LogP contribution in [0.1, 0.15) is 25.0 Å². The van der Waals surface area contributed by atoms with Gasteiger partial charge in [0, 0.05) is 34.8 Å². The van der Waals surface area contributed by atoms with Gasteiger partial charge in [-0.15, -0.1) is 0 Å². The second-order valence-electron chi connectivity index (χ2n) is 6.84. The molecule has 0 amide bonds. The topological polar surface area (TPSA) is 71.4 Å². The predicted molar refractivity (Wildman–Crippen MR) is 114 cm³/mol. The first kappa shape index (κ1) is 19.9. The molecule has 0 radical (unpaired) electrons. The molecule has 8 heteroatoms. The molecule has 1 saturated heterocycles. The SMILES string of the molecule is OCc1cc(Oc2ccc(N3CCCCC3)nc2)nc(-c2cc(Cl)cc(Cl)c2)n1. The van der Waals surface area contributed by atoms with Crippen molar-refractivity contribution in [2.45, 2.75) is 25.9 Å². The zero-order chi connectivity index (χ0) is 20.2. The summed E-state index contributed by atoms with van der Waals surface area (Å²) in [5.74, 6) is 2.19. The van der Waals surface area contributed by atoms with Gasteiger partial charge >= 0.3 is 0 Å². The zero-order valence-corrected chi connectivity index (χ0v) is 17.2. The van der Waals surface area contributed by atoms with Crippen molar-refractivity contribution >= 4 is 29.0 Å². The van der Waals surface area contributed by atoms with Crippen LogP contribution >= 0.6 is 23.2 Å². The molecule has 0 bridgehead atoms. The highest BCUT2D eigenvalue weighted by Crippen LogP contribution is 2.28. The summed E-state index contributed by atoms with van der Waals surface area (Å²) in [6, 6.07) is 10.5. The van der Waals surface area contributed by atoms with Crippen LogP contribution in [0.5, 0.6) is 11.6 Å². The summed E-state index contributed by atoms with van der Waals surface area (Å²) in [5, 5.41) is 10.5. The lowest BCUT2D eigenvalue weighted by molar-refractivity contribution is 0.276. The molecular weight excluding hydrogens is 411 g/mol. The molecule has 0 atom stereocenters. The van der Waals surface area contributed by atoms with E-state index in [2.05, 4.69) is 19.9 Å². The fourth-order valence-corrected chi connectivity index (χ4v) is 3.81. The van der Waals surface area contributed by atoms with Gasteiger partial charge in [-0.05, 0) is 49.6 Å². The molecule has 0 unspecified atom stereocenters. The Morgan fingerprint density at radius 1 is 0.966 bits per heavy atom. The van der Waals surface area contributed by atoms with Crippen LogP contribution in [0.25, 0.3) is 11.4 Å². The van der Waals surface area contributed by atoms with E-state index in [9.17, 15) is 5.11 Å². The maximum atomic E-state index is 9.57. The van der Waals surface area contributed by atoms with Gasteiger partial charge in [0.1, 0.15) is 11.6 Å². The van der Waals surface area contributed by atoms with Crippen LogP contribution in [-0.4, -0.2) is 33.1 Å². The zero-order valence-electron chi connectivity index (χ0n) is 15.7.